The van der Waals surface area contributed by atoms with Gasteiger partial charge in [-0.2, -0.15) is 0 Å². The van der Waals surface area contributed by atoms with Gasteiger partial charge in [0.15, 0.2) is 11.5 Å². The maximum Gasteiger partial charge on any atom is 0.161 e. The average molecular weight is 327 g/mol. The molecule has 3 heteroatoms. The number of alkyl halides is 1. The minimum atomic E-state index is 0.346. The molecular weight excluding hydrogens is 304 g/mol. The van der Waals surface area contributed by atoms with Gasteiger partial charge in [-0.3, -0.25) is 0 Å². The van der Waals surface area contributed by atoms with Crippen molar-refractivity contribution in [3.63, 3.8) is 0 Å². The van der Waals surface area contributed by atoms with Gasteiger partial charge in [0.05, 0.1) is 13.2 Å². The van der Waals surface area contributed by atoms with Gasteiger partial charge in [0.2, 0.25) is 0 Å². The minimum Gasteiger partial charge on any atom is -0.493 e. The fraction of sp³-hybridized carbons (Fsp3) is 0.625. The first kappa shape index (κ1) is 14.7. The van der Waals surface area contributed by atoms with Crippen LogP contribution in [0.25, 0.3) is 0 Å². The van der Waals surface area contributed by atoms with E-state index >= 15 is 0 Å². The maximum absolute atomic E-state index is 6.21. The third-order valence-corrected chi connectivity index (χ3v) is 4.64. The molecule has 0 radical (unpaired) electrons. The van der Waals surface area contributed by atoms with E-state index in [-0.39, 0.29) is 0 Å². The normalized spacial score (nSPS) is 23.1. The molecule has 0 aliphatic heterocycles. The fourth-order valence-electron chi connectivity index (χ4n) is 2.80. The highest BCUT2D eigenvalue weighted by Crippen LogP contribution is 2.34. The Kier molecular flexibility index (Phi) is 5.56. The summed E-state index contributed by atoms with van der Waals surface area (Å²) in [6.45, 7) is 2.28. The van der Waals surface area contributed by atoms with Crippen LogP contribution in [0.3, 0.4) is 0 Å². The Labute approximate surface area is 124 Å². The highest BCUT2D eigenvalue weighted by molar-refractivity contribution is 9.08. The Morgan fingerprint density at radius 2 is 2.11 bits per heavy atom. The molecule has 0 saturated heterocycles. The molecule has 0 heterocycles. The summed E-state index contributed by atoms with van der Waals surface area (Å²) in [5.41, 5.74) is 1.22. The number of benzene rings is 1. The molecule has 0 bridgehead atoms. The number of rotatable bonds is 5. The SMILES string of the molecule is CCC1CCCC(Oc2cc(CBr)ccc2OC)C1. The first-order valence-corrected chi connectivity index (χ1v) is 8.28. The molecule has 0 amide bonds. The van der Waals surface area contributed by atoms with Crippen molar-refractivity contribution in [1.29, 1.82) is 0 Å². The van der Waals surface area contributed by atoms with Crippen LogP contribution in [0.2, 0.25) is 0 Å². The van der Waals surface area contributed by atoms with E-state index in [0.717, 1.165) is 29.2 Å². The lowest BCUT2D eigenvalue weighted by atomic mass is 9.85. The highest BCUT2D eigenvalue weighted by atomic mass is 79.9. The van der Waals surface area contributed by atoms with E-state index in [4.69, 9.17) is 9.47 Å². The van der Waals surface area contributed by atoms with Crippen LogP contribution in [-0.2, 0) is 5.33 Å². The predicted octanol–water partition coefficient (Wildman–Crippen LogP) is 4.94. The Bertz CT molecular complexity index is 406. The number of hydrogen-bond acceptors (Lipinski definition) is 2. The summed E-state index contributed by atoms with van der Waals surface area (Å²) in [5.74, 6) is 2.55. The first-order valence-electron chi connectivity index (χ1n) is 7.16. The molecule has 106 valence electrons. The molecule has 0 N–H and O–H groups in total. The molecule has 2 rings (SSSR count). The van der Waals surface area contributed by atoms with Crippen LogP contribution in [0.1, 0.15) is 44.6 Å². The maximum atomic E-state index is 6.21. The van der Waals surface area contributed by atoms with Crippen molar-refractivity contribution in [1.82, 2.24) is 0 Å². The van der Waals surface area contributed by atoms with E-state index in [1.165, 1.54) is 31.2 Å². The van der Waals surface area contributed by atoms with Crippen molar-refractivity contribution in [3.8, 4) is 11.5 Å². The van der Waals surface area contributed by atoms with Gasteiger partial charge in [-0.1, -0.05) is 41.8 Å². The molecule has 0 spiro atoms. The quantitative estimate of drug-likeness (QED) is 0.713. The van der Waals surface area contributed by atoms with Crippen LogP contribution in [0.5, 0.6) is 11.5 Å². The molecule has 2 unspecified atom stereocenters. The Morgan fingerprint density at radius 3 is 2.79 bits per heavy atom. The molecule has 1 aliphatic rings. The van der Waals surface area contributed by atoms with E-state index in [0.29, 0.717) is 6.10 Å². The summed E-state index contributed by atoms with van der Waals surface area (Å²) >= 11 is 3.49. The molecule has 2 atom stereocenters. The molecule has 19 heavy (non-hydrogen) atoms. The second-order valence-electron chi connectivity index (χ2n) is 5.30. The molecule has 1 aliphatic carbocycles. The van der Waals surface area contributed by atoms with Crippen molar-refractivity contribution in [2.24, 2.45) is 5.92 Å². The molecular formula is C16H23BrO2. The lowest BCUT2D eigenvalue weighted by molar-refractivity contribution is 0.118. The summed E-state index contributed by atoms with van der Waals surface area (Å²) in [6.07, 6.45) is 6.59. The van der Waals surface area contributed by atoms with Crippen LogP contribution in [0.4, 0.5) is 0 Å². The van der Waals surface area contributed by atoms with Crippen molar-refractivity contribution in [2.75, 3.05) is 7.11 Å². The molecule has 0 aromatic heterocycles. The summed E-state index contributed by atoms with van der Waals surface area (Å²) < 4.78 is 11.6. The zero-order valence-corrected chi connectivity index (χ0v) is 13.4. The smallest absolute Gasteiger partial charge is 0.161 e. The highest BCUT2D eigenvalue weighted by Gasteiger charge is 2.23. The summed E-state index contributed by atoms with van der Waals surface area (Å²) in [5, 5.41) is 0.843. The fourth-order valence-corrected chi connectivity index (χ4v) is 3.14. The second kappa shape index (κ2) is 7.18. The topological polar surface area (TPSA) is 18.5 Å². The standard InChI is InChI=1S/C16H23BrO2/c1-3-12-5-4-6-14(9-12)19-16-10-13(11-17)7-8-15(16)18-2/h7-8,10,12,14H,3-6,9,11H2,1-2H3. The lowest BCUT2D eigenvalue weighted by Crippen LogP contribution is -2.25. The van der Waals surface area contributed by atoms with Crippen LogP contribution >= 0.6 is 15.9 Å². The summed E-state index contributed by atoms with van der Waals surface area (Å²) in [4.78, 5) is 0. The van der Waals surface area contributed by atoms with E-state index in [9.17, 15) is 0 Å². The third kappa shape index (κ3) is 3.88. The summed E-state index contributed by atoms with van der Waals surface area (Å²) in [7, 11) is 1.70. The largest absolute Gasteiger partial charge is 0.493 e. The zero-order valence-electron chi connectivity index (χ0n) is 11.8. The van der Waals surface area contributed by atoms with E-state index < -0.39 is 0 Å². The Balaban J connectivity index is 2.08. The number of halogens is 1. The van der Waals surface area contributed by atoms with E-state index in [1.54, 1.807) is 7.11 Å². The third-order valence-electron chi connectivity index (χ3n) is 3.99. The van der Waals surface area contributed by atoms with E-state index in [1.807, 2.05) is 6.07 Å². The molecule has 1 aromatic rings. The lowest BCUT2D eigenvalue weighted by Gasteiger charge is -2.29. The van der Waals surface area contributed by atoms with Crippen molar-refractivity contribution in [3.05, 3.63) is 23.8 Å². The van der Waals surface area contributed by atoms with Gasteiger partial charge in [-0.25, -0.2) is 0 Å². The van der Waals surface area contributed by atoms with Crippen molar-refractivity contribution in [2.45, 2.75) is 50.5 Å². The minimum absolute atomic E-state index is 0.346. The van der Waals surface area contributed by atoms with Crippen molar-refractivity contribution < 1.29 is 9.47 Å². The van der Waals surface area contributed by atoms with Crippen LogP contribution in [-0.4, -0.2) is 13.2 Å². The average Bonchev–Trinajstić information content (AvgIpc) is 2.47. The summed E-state index contributed by atoms with van der Waals surface area (Å²) in [6, 6.07) is 6.14. The number of hydrogen-bond donors (Lipinski definition) is 0. The number of methoxy groups -OCH3 is 1. The predicted molar refractivity (Wildman–Crippen MR) is 82.3 cm³/mol. The molecule has 1 fully saturated rings. The van der Waals surface area contributed by atoms with Gasteiger partial charge in [0.25, 0.3) is 0 Å². The molecule has 2 nitrogen and oxygen atoms in total. The molecule has 1 saturated carbocycles. The Hall–Kier alpha value is -0.700. The number of ether oxygens (including phenoxy) is 2. The van der Waals surface area contributed by atoms with Gasteiger partial charge < -0.3 is 9.47 Å². The first-order chi connectivity index (χ1) is 9.26. The van der Waals surface area contributed by atoms with Gasteiger partial charge in [0, 0.05) is 5.33 Å². The van der Waals surface area contributed by atoms with E-state index in [2.05, 4.69) is 35.0 Å². The van der Waals surface area contributed by atoms with Gasteiger partial charge in [-0.05, 0) is 42.9 Å². The monoisotopic (exact) mass is 326 g/mol. The zero-order chi connectivity index (χ0) is 13.7. The van der Waals surface area contributed by atoms with Gasteiger partial charge >= 0.3 is 0 Å². The van der Waals surface area contributed by atoms with Crippen LogP contribution in [0.15, 0.2) is 18.2 Å². The van der Waals surface area contributed by atoms with Gasteiger partial charge in [0.1, 0.15) is 0 Å². The van der Waals surface area contributed by atoms with Crippen LogP contribution < -0.4 is 9.47 Å². The Morgan fingerprint density at radius 1 is 1.26 bits per heavy atom. The van der Waals surface area contributed by atoms with Crippen molar-refractivity contribution >= 4 is 15.9 Å². The van der Waals surface area contributed by atoms with Gasteiger partial charge in [-0.15, -0.1) is 0 Å². The second-order valence-corrected chi connectivity index (χ2v) is 5.86. The molecule has 1 aromatic carbocycles. The van der Waals surface area contributed by atoms with Crippen LogP contribution in [0, 0.1) is 5.92 Å².